The van der Waals surface area contributed by atoms with Crippen LogP contribution in [0.3, 0.4) is 0 Å². The van der Waals surface area contributed by atoms with Crippen LogP contribution in [0.4, 0.5) is 21.6 Å². The minimum Gasteiger partial charge on any atom is -0.378 e. The number of hydrogen-bond acceptors (Lipinski definition) is 8. The van der Waals surface area contributed by atoms with E-state index < -0.39 is 5.82 Å². The van der Waals surface area contributed by atoms with Crippen LogP contribution in [-0.4, -0.2) is 52.5 Å². The SMILES string of the molecule is Fc1cnc(CN=Cc2ccc(Nc3ccc(-c4cccnc4)cc3)cn2)nc1N1CCOCC1. The Morgan fingerprint density at radius 1 is 0.943 bits per heavy atom. The highest BCUT2D eigenvalue weighted by Crippen LogP contribution is 2.22. The molecule has 4 heterocycles. The molecule has 0 atom stereocenters. The molecule has 176 valence electrons. The van der Waals surface area contributed by atoms with Gasteiger partial charge in [0.2, 0.25) is 0 Å². The number of nitrogens with zero attached hydrogens (tertiary/aromatic N) is 6. The number of hydrogen-bond donors (Lipinski definition) is 1. The van der Waals surface area contributed by atoms with Crippen molar-refractivity contribution in [1.29, 1.82) is 0 Å². The van der Waals surface area contributed by atoms with Crippen molar-refractivity contribution >= 4 is 23.4 Å². The van der Waals surface area contributed by atoms with Gasteiger partial charge < -0.3 is 15.0 Å². The number of benzene rings is 1. The highest BCUT2D eigenvalue weighted by molar-refractivity contribution is 5.77. The molecule has 9 heteroatoms. The Labute approximate surface area is 202 Å². The number of aliphatic imine (C=N–C) groups is 1. The molecular weight excluding hydrogens is 445 g/mol. The van der Waals surface area contributed by atoms with E-state index in [1.807, 2.05) is 47.5 Å². The molecule has 0 radical (unpaired) electrons. The summed E-state index contributed by atoms with van der Waals surface area (Å²) in [6.45, 7) is 2.57. The smallest absolute Gasteiger partial charge is 0.183 e. The monoisotopic (exact) mass is 469 g/mol. The summed E-state index contributed by atoms with van der Waals surface area (Å²) in [5.74, 6) is 0.323. The van der Waals surface area contributed by atoms with Crippen LogP contribution < -0.4 is 10.2 Å². The third kappa shape index (κ3) is 5.82. The lowest BCUT2D eigenvalue weighted by atomic mass is 10.1. The first kappa shape index (κ1) is 22.5. The quantitative estimate of drug-likeness (QED) is 0.404. The second-order valence-corrected chi connectivity index (χ2v) is 7.94. The van der Waals surface area contributed by atoms with Gasteiger partial charge in [0.15, 0.2) is 17.5 Å². The van der Waals surface area contributed by atoms with Crippen molar-refractivity contribution in [2.45, 2.75) is 6.54 Å². The highest BCUT2D eigenvalue weighted by atomic mass is 19.1. The van der Waals surface area contributed by atoms with Crippen LogP contribution in [0.2, 0.25) is 0 Å². The van der Waals surface area contributed by atoms with Gasteiger partial charge in [-0.25, -0.2) is 14.4 Å². The van der Waals surface area contributed by atoms with Gasteiger partial charge in [0.1, 0.15) is 0 Å². The van der Waals surface area contributed by atoms with Crippen LogP contribution in [0.1, 0.15) is 11.5 Å². The summed E-state index contributed by atoms with van der Waals surface area (Å²) in [5.41, 5.74) is 4.72. The zero-order chi connectivity index (χ0) is 23.9. The van der Waals surface area contributed by atoms with E-state index in [-0.39, 0.29) is 6.54 Å². The maximum absolute atomic E-state index is 14.2. The Kier molecular flexibility index (Phi) is 6.95. The van der Waals surface area contributed by atoms with Crippen LogP contribution in [-0.2, 0) is 11.3 Å². The minimum atomic E-state index is -0.434. The average Bonchev–Trinajstić information content (AvgIpc) is 2.92. The van der Waals surface area contributed by atoms with Crippen molar-refractivity contribution in [2.75, 3.05) is 36.5 Å². The number of aromatic nitrogens is 4. The fourth-order valence-electron chi connectivity index (χ4n) is 3.69. The molecule has 1 saturated heterocycles. The zero-order valence-corrected chi connectivity index (χ0v) is 19.0. The number of ether oxygens (including phenoxy) is 1. The van der Waals surface area contributed by atoms with E-state index in [1.54, 1.807) is 18.6 Å². The Morgan fingerprint density at radius 2 is 1.77 bits per heavy atom. The number of morpholine rings is 1. The molecule has 1 N–H and O–H groups in total. The molecule has 3 aromatic heterocycles. The lowest BCUT2D eigenvalue weighted by Crippen LogP contribution is -2.37. The fraction of sp³-hybridized carbons (Fsp3) is 0.192. The first-order valence-electron chi connectivity index (χ1n) is 11.3. The molecule has 1 aliphatic rings. The molecule has 0 amide bonds. The van der Waals surface area contributed by atoms with Gasteiger partial charge in [-0.1, -0.05) is 18.2 Å². The van der Waals surface area contributed by atoms with Crippen molar-refractivity contribution in [1.82, 2.24) is 19.9 Å². The van der Waals surface area contributed by atoms with Gasteiger partial charge in [-0.2, -0.15) is 0 Å². The number of nitrogens with one attached hydrogen (secondary N) is 1. The molecule has 1 aliphatic heterocycles. The van der Waals surface area contributed by atoms with E-state index in [1.165, 1.54) is 6.20 Å². The first-order valence-corrected chi connectivity index (χ1v) is 11.3. The fourth-order valence-corrected chi connectivity index (χ4v) is 3.69. The van der Waals surface area contributed by atoms with Crippen molar-refractivity contribution in [3.63, 3.8) is 0 Å². The molecule has 0 aliphatic carbocycles. The van der Waals surface area contributed by atoms with Crippen molar-refractivity contribution in [3.8, 4) is 11.1 Å². The van der Waals surface area contributed by atoms with E-state index in [0.717, 1.165) is 22.5 Å². The lowest BCUT2D eigenvalue weighted by Gasteiger charge is -2.28. The Bertz CT molecular complexity index is 1280. The molecule has 0 spiro atoms. The van der Waals surface area contributed by atoms with Gasteiger partial charge in [0.05, 0.1) is 43.5 Å². The van der Waals surface area contributed by atoms with Crippen LogP contribution in [0.5, 0.6) is 0 Å². The number of anilines is 3. The highest BCUT2D eigenvalue weighted by Gasteiger charge is 2.17. The molecule has 0 bridgehead atoms. The molecule has 35 heavy (non-hydrogen) atoms. The van der Waals surface area contributed by atoms with E-state index in [2.05, 4.69) is 42.4 Å². The Hall–Kier alpha value is -4.24. The second kappa shape index (κ2) is 10.8. The van der Waals surface area contributed by atoms with Gasteiger partial charge in [-0.3, -0.25) is 15.0 Å². The summed E-state index contributed by atoms with van der Waals surface area (Å²) in [4.78, 5) is 23.2. The molecule has 1 fully saturated rings. The van der Waals surface area contributed by atoms with Gasteiger partial charge >= 0.3 is 0 Å². The third-order valence-corrected chi connectivity index (χ3v) is 5.50. The molecule has 0 unspecified atom stereocenters. The molecule has 4 aromatic rings. The predicted octanol–water partition coefficient (Wildman–Crippen LogP) is 4.27. The van der Waals surface area contributed by atoms with Gasteiger partial charge in [0.25, 0.3) is 0 Å². The van der Waals surface area contributed by atoms with Gasteiger partial charge in [-0.15, -0.1) is 0 Å². The maximum atomic E-state index is 14.2. The average molecular weight is 470 g/mol. The zero-order valence-electron chi connectivity index (χ0n) is 19.0. The Balaban J connectivity index is 1.18. The number of halogens is 1. The first-order chi connectivity index (χ1) is 17.2. The number of rotatable bonds is 7. The summed E-state index contributed by atoms with van der Waals surface area (Å²) in [5, 5.41) is 3.34. The molecule has 8 nitrogen and oxygen atoms in total. The van der Waals surface area contributed by atoms with Gasteiger partial charge in [0, 0.05) is 37.4 Å². The third-order valence-electron chi connectivity index (χ3n) is 5.50. The second-order valence-electron chi connectivity index (χ2n) is 7.94. The van der Waals surface area contributed by atoms with E-state index in [4.69, 9.17) is 4.74 Å². The van der Waals surface area contributed by atoms with Gasteiger partial charge in [-0.05, 0) is 41.5 Å². The van der Waals surface area contributed by atoms with Crippen LogP contribution in [0, 0.1) is 5.82 Å². The number of pyridine rings is 2. The Morgan fingerprint density at radius 3 is 2.51 bits per heavy atom. The van der Waals surface area contributed by atoms with E-state index in [0.29, 0.717) is 43.6 Å². The van der Waals surface area contributed by atoms with Crippen LogP contribution in [0.25, 0.3) is 11.1 Å². The summed E-state index contributed by atoms with van der Waals surface area (Å²) < 4.78 is 19.5. The summed E-state index contributed by atoms with van der Waals surface area (Å²) in [6.07, 6.45) is 8.22. The maximum Gasteiger partial charge on any atom is 0.183 e. The topological polar surface area (TPSA) is 88.4 Å². The molecular formula is C26H24FN7O. The van der Waals surface area contributed by atoms with E-state index >= 15 is 0 Å². The normalized spacial score (nSPS) is 13.8. The van der Waals surface area contributed by atoms with E-state index in [9.17, 15) is 4.39 Å². The lowest BCUT2D eigenvalue weighted by molar-refractivity contribution is 0.122. The molecule has 0 saturated carbocycles. The molecule has 1 aromatic carbocycles. The van der Waals surface area contributed by atoms with Crippen molar-refractivity contribution < 1.29 is 9.13 Å². The van der Waals surface area contributed by atoms with Crippen LogP contribution >= 0.6 is 0 Å². The minimum absolute atomic E-state index is 0.239. The largest absolute Gasteiger partial charge is 0.378 e. The summed E-state index contributed by atoms with van der Waals surface area (Å²) in [7, 11) is 0. The van der Waals surface area contributed by atoms with Crippen molar-refractivity contribution in [3.05, 3.63) is 90.7 Å². The van der Waals surface area contributed by atoms with Crippen molar-refractivity contribution in [2.24, 2.45) is 4.99 Å². The summed E-state index contributed by atoms with van der Waals surface area (Å²) >= 11 is 0. The van der Waals surface area contributed by atoms with Crippen LogP contribution in [0.15, 0.2) is 78.3 Å². The predicted molar refractivity (Wildman–Crippen MR) is 134 cm³/mol. The summed E-state index contributed by atoms with van der Waals surface area (Å²) in [6, 6.07) is 15.9. The standard InChI is InChI=1S/C26H24FN7O/c27-24-17-31-25(33-26(24)34-10-12-35-13-11-34)18-29-15-22-7-8-23(16-30-22)32-21-5-3-19(4-6-21)20-2-1-9-28-14-20/h1-9,14-17,32H,10-13,18H2. The molecule has 5 rings (SSSR count).